The zero-order valence-corrected chi connectivity index (χ0v) is 12.7. The number of hydrogen-bond acceptors (Lipinski definition) is 3. The summed E-state index contributed by atoms with van der Waals surface area (Å²) in [4.78, 5) is 12.1. The fraction of sp³-hybridized carbons (Fsp3) is 0.750. The van der Waals surface area contributed by atoms with Gasteiger partial charge >= 0.3 is 0 Å². The quantitative estimate of drug-likeness (QED) is 0.917. The predicted octanol–water partition coefficient (Wildman–Crippen LogP) is 3.45. The molecule has 4 nitrogen and oxygen atoms in total. The summed E-state index contributed by atoms with van der Waals surface area (Å²) in [6.07, 6.45) is 9.99. The third kappa shape index (κ3) is 4.36. The van der Waals surface area contributed by atoms with E-state index in [0.717, 1.165) is 36.3 Å². The van der Waals surface area contributed by atoms with Gasteiger partial charge in [0, 0.05) is 18.0 Å². The highest BCUT2D eigenvalue weighted by Crippen LogP contribution is 2.18. The Morgan fingerprint density at radius 1 is 1.20 bits per heavy atom. The van der Waals surface area contributed by atoms with Crippen LogP contribution in [0.5, 0.6) is 0 Å². The molecule has 1 aliphatic carbocycles. The van der Waals surface area contributed by atoms with Gasteiger partial charge in [-0.25, -0.2) is 0 Å². The van der Waals surface area contributed by atoms with Crippen molar-refractivity contribution < 1.29 is 9.32 Å². The van der Waals surface area contributed by atoms with Gasteiger partial charge in [0.05, 0.1) is 5.69 Å². The van der Waals surface area contributed by atoms with E-state index in [2.05, 4.69) is 10.5 Å². The summed E-state index contributed by atoms with van der Waals surface area (Å²) in [7, 11) is 0. The first-order valence-electron chi connectivity index (χ1n) is 7.88. The molecule has 1 N–H and O–H groups in total. The summed E-state index contributed by atoms with van der Waals surface area (Å²) in [5, 5.41) is 7.12. The second-order valence-electron chi connectivity index (χ2n) is 5.91. The van der Waals surface area contributed by atoms with Gasteiger partial charge in [-0.1, -0.05) is 37.3 Å². The highest BCUT2D eigenvalue weighted by Gasteiger charge is 2.15. The number of nitrogens with one attached hydrogen (secondary N) is 1. The molecule has 0 atom stereocenters. The second kappa shape index (κ2) is 7.46. The number of carbonyl (C=O) groups excluding carboxylic acids is 1. The fourth-order valence-electron chi connectivity index (χ4n) is 3.00. The zero-order valence-electron chi connectivity index (χ0n) is 12.7. The number of hydrogen-bond donors (Lipinski definition) is 1. The molecule has 1 fully saturated rings. The van der Waals surface area contributed by atoms with Gasteiger partial charge in [-0.3, -0.25) is 4.79 Å². The van der Waals surface area contributed by atoms with E-state index in [-0.39, 0.29) is 5.91 Å². The fourth-order valence-corrected chi connectivity index (χ4v) is 3.00. The molecule has 1 amide bonds. The number of aromatic nitrogens is 1. The molecule has 0 bridgehead atoms. The van der Waals surface area contributed by atoms with Gasteiger partial charge in [-0.15, -0.1) is 0 Å². The highest BCUT2D eigenvalue weighted by molar-refractivity contribution is 5.76. The zero-order chi connectivity index (χ0) is 14.4. The van der Waals surface area contributed by atoms with E-state index in [1.54, 1.807) is 0 Å². The second-order valence-corrected chi connectivity index (χ2v) is 5.91. The molecule has 0 spiro atoms. The molecule has 1 aromatic heterocycles. The minimum absolute atomic E-state index is 0.163. The van der Waals surface area contributed by atoms with Crippen LogP contribution in [0.3, 0.4) is 0 Å². The summed E-state index contributed by atoms with van der Waals surface area (Å²) < 4.78 is 5.13. The number of amides is 1. The van der Waals surface area contributed by atoms with E-state index in [1.165, 1.54) is 32.1 Å². The maximum Gasteiger partial charge on any atom is 0.220 e. The van der Waals surface area contributed by atoms with E-state index in [1.807, 2.05) is 13.8 Å². The van der Waals surface area contributed by atoms with Crippen molar-refractivity contribution in [3.05, 3.63) is 17.0 Å². The van der Waals surface area contributed by atoms with Crippen LogP contribution in [-0.4, -0.2) is 17.1 Å². The van der Waals surface area contributed by atoms with Crippen molar-refractivity contribution in [2.24, 2.45) is 0 Å². The Morgan fingerprint density at radius 3 is 2.45 bits per heavy atom. The Labute approximate surface area is 121 Å². The Hall–Kier alpha value is -1.32. The van der Waals surface area contributed by atoms with E-state index in [9.17, 15) is 4.79 Å². The Kier molecular flexibility index (Phi) is 5.62. The van der Waals surface area contributed by atoms with E-state index in [0.29, 0.717) is 12.5 Å². The summed E-state index contributed by atoms with van der Waals surface area (Å²) in [5.41, 5.74) is 1.99. The molecule has 20 heavy (non-hydrogen) atoms. The van der Waals surface area contributed by atoms with Gasteiger partial charge < -0.3 is 9.84 Å². The summed E-state index contributed by atoms with van der Waals surface area (Å²) in [5.74, 6) is 0.997. The van der Waals surface area contributed by atoms with Crippen molar-refractivity contribution in [1.29, 1.82) is 0 Å². The third-order valence-electron chi connectivity index (χ3n) is 4.25. The average Bonchev–Trinajstić information content (AvgIpc) is 2.70. The maximum absolute atomic E-state index is 12.1. The minimum atomic E-state index is 0.163. The molecule has 0 radical (unpaired) electrons. The molecule has 0 aromatic carbocycles. The lowest BCUT2D eigenvalue weighted by molar-refractivity contribution is -0.121. The summed E-state index contributed by atoms with van der Waals surface area (Å²) in [6, 6.07) is 0.382. The molecule has 0 unspecified atom stereocenters. The predicted molar refractivity (Wildman–Crippen MR) is 78.5 cm³/mol. The smallest absolute Gasteiger partial charge is 0.220 e. The van der Waals surface area contributed by atoms with Crippen LogP contribution in [0, 0.1) is 13.8 Å². The van der Waals surface area contributed by atoms with Gasteiger partial charge in [0.2, 0.25) is 5.91 Å². The lowest BCUT2D eigenvalue weighted by Crippen LogP contribution is -2.35. The standard InChI is InChI=1S/C16H26N2O2/c1-12-15(13(2)20-18-12)10-11-16(19)17-14-8-6-4-3-5-7-9-14/h14H,3-11H2,1-2H3,(H,17,19). The first-order chi connectivity index (χ1) is 9.66. The number of nitrogens with zero attached hydrogens (tertiary/aromatic N) is 1. The van der Waals surface area contributed by atoms with Gasteiger partial charge in [0.15, 0.2) is 0 Å². The van der Waals surface area contributed by atoms with E-state index < -0.39 is 0 Å². The Bertz CT molecular complexity index is 412. The molecule has 4 heteroatoms. The van der Waals surface area contributed by atoms with E-state index in [4.69, 9.17) is 4.52 Å². The van der Waals surface area contributed by atoms with Crippen molar-refractivity contribution in [2.75, 3.05) is 0 Å². The molecule has 112 valence electrons. The van der Waals surface area contributed by atoms with Crippen LogP contribution in [-0.2, 0) is 11.2 Å². The Morgan fingerprint density at radius 2 is 1.85 bits per heavy atom. The number of aryl methyl sites for hydroxylation is 2. The van der Waals surface area contributed by atoms with Crippen molar-refractivity contribution in [2.45, 2.75) is 77.7 Å². The van der Waals surface area contributed by atoms with Crippen LogP contribution in [0.25, 0.3) is 0 Å². The van der Waals surface area contributed by atoms with Crippen LogP contribution in [0.4, 0.5) is 0 Å². The van der Waals surface area contributed by atoms with Crippen LogP contribution in [0.2, 0.25) is 0 Å². The van der Waals surface area contributed by atoms with Crippen LogP contribution >= 0.6 is 0 Å². The van der Waals surface area contributed by atoms with Crippen molar-refractivity contribution in [3.8, 4) is 0 Å². The van der Waals surface area contributed by atoms with Gasteiger partial charge in [-0.2, -0.15) is 0 Å². The van der Waals surface area contributed by atoms with Gasteiger partial charge in [0.25, 0.3) is 0 Å². The van der Waals surface area contributed by atoms with Crippen molar-refractivity contribution in [3.63, 3.8) is 0 Å². The average molecular weight is 278 g/mol. The summed E-state index contributed by atoms with van der Waals surface area (Å²) in [6.45, 7) is 3.83. The number of rotatable bonds is 4. The molecule has 1 saturated carbocycles. The normalized spacial score (nSPS) is 17.5. The molecule has 1 aromatic rings. The molecular weight excluding hydrogens is 252 g/mol. The highest BCUT2D eigenvalue weighted by atomic mass is 16.5. The SMILES string of the molecule is Cc1noc(C)c1CCC(=O)NC1CCCCCCC1. The van der Waals surface area contributed by atoms with Crippen LogP contribution in [0.15, 0.2) is 4.52 Å². The lowest BCUT2D eigenvalue weighted by atomic mass is 9.96. The molecule has 1 heterocycles. The van der Waals surface area contributed by atoms with Gasteiger partial charge in [-0.05, 0) is 33.1 Å². The largest absolute Gasteiger partial charge is 0.361 e. The lowest BCUT2D eigenvalue weighted by Gasteiger charge is -2.21. The minimum Gasteiger partial charge on any atom is -0.361 e. The summed E-state index contributed by atoms with van der Waals surface area (Å²) >= 11 is 0. The number of carbonyl (C=O) groups is 1. The molecule has 2 rings (SSSR count). The monoisotopic (exact) mass is 278 g/mol. The third-order valence-corrected chi connectivity index (χ3v) is 4.25. The Balaban J connectivity index is 1.77. The molecular formula is C16H26N2O2. The van der Waals surface area contributed by atoms with Gasteiger partial charge in [0.1, 0.15) is 5.76 Å². The van der Waals surface area contributed by atoms with E-state index >= 15 is 0 Å². The van der Waals surface area contributed by atoms with Crippen molar-refractivity contribution >= 4 is 5.91 Å². The maximum atomic E-state index is 12.1. The van der Waals surface area contributed by atoms with Crippen LogP contribution in [0.1, 0.15) is 68.4 Å². The van der Waals surface area contributed by atoms with Crippen LogP contribution < -0.4 is 5.32 Å². The molecule has 0 saturated heterocycles. The first kappa shape index (κ1) is 15.1. The first-order valence-corrected chi connectivity index (χ1v) is 7.88. The molecule has 1 aliphatic rings. The topological polar surface area (TPSA) is 55.1 Å². The van der Waals surface area contributed by atoms with Crippen molar-refractivity contribution in [1.82, 2.24) is 10.5 Å². The molecule has 0 aliphatic heterocycles.